The van der Waals surface area contributed by atoms with Crippen molar-refractivity contribution in [3.8, 4) is 0 Å². The van der Waals surface area contributed by atoms with E-state index in [1.165, 1.54) is 36.5 Å². The average Bonchev–Trinajstić information content (AvgIpc) is 2.54. The van der Waals surface area contributed by atoms with Gasteiger partial charge in [0.15, 0.2) is 0 Å². The van der Waals surface area contributed by atoms with Crippen LogP contribution >= 0.6 is 0 Å². The van der Waals surface area contributed by atoms with Crippen LogP contribution in [-0.4, -0.2) is 28.9 Å². The van der Waals surface area contributed by atoms with Crippen LogP contribution in [-0.2, 0) is 0 Å². The zero-order chi connectivity index (χ0) is 20.5. The highest BCUT2D eigenvalue weighted by Gasteiger charge is 2.72. The second-order valence-corrected chi connectivity index (χ2v) is 5.86. The number of carbonyl (C=O) groups is 1. The average molecular weight is 391 g/mol. The van der Waals surface area contributed by atoms with Crippen molar-refractivity contribution in [3.05, 3.63) is 59.3 Å². The molecule has 0 atom stereocenters. The number of aryl methyl sites for hydroxylation is 2. The number of rotatable bonds is 4. The molecule has 4 nitrogen and oxygen atoms in total. The number of alkyl halides is 6. The van der Waals surface area contributed by atoms with Crippen molar-refractivity contribution in [1.82, 2.24) is 10.3 Å². The third-order valence-electron chi connectivity index (χ3n) is 3.77. The Morgan fingerprint density at radius 1 is 0.926 bits per heavy atom. The molecule has 0 aliphatic heterocycles. The van der Waals surface area contributed by atoms with Crippen molar-refractivity contribution < 1.29 is 31.1 Å². The topological polar surface area (TPSA) is 54.0 Å². The van der Waals surface area contributed by atoms with Gasteiger partial charge in [0.1, 0.15) is 5.82 Å². The van der Waals surface area contributed by atoms with E-state index >= 15 is 0 Å². The van der Waals surface area contributed by atoms with Gasteiger partial charge in [-0.3, -0.25) is 4.79 Å². The Labute approximate surface area is 150 Å². The summed E-state index contributed by atoms with van der Waals surface area (Å²) in [5, 5.41) is 2.42. The third kappa shape index (κ3) is 4.15. The second kappa shape index (κ2) is 7.09. The molecule has 0 radical (unpaired) electrons. The monoisotopic (exact) mass is 391 g/mol. The van der Waals surface area contributed by atoms with Crippen molar-refractivity contribution in [3.63, 3.8) is 0 Å². The molecule has 2 aromatic rings. The van der Waals surface area contributed by atoms with Crippen LogP contribution in [0.4, 0.5) is 32.2 Å². The van der Waals surface area contributed by atoms with Crippen LogP contribution in [0.2, 0.25) is 0 Å². The number of nitrogens with zero attached hydrogens (tertiary/aromatic N) is 1. The molecule has 0 fully saturated rings. The molecule has 1 aromatic carbocycles. The predicted octanol–water partition coefficient (Wildman–Crippen LogP) is 4.36. The SMILES string of the molecule is Cc1ccc(NC(NC(=O)c2ccccc2C)(C(F)(F)F)C(F)(F)F)nc1. The summed E-state index contributed by atoms with van der Waals surface area (Å²) < 4.78 is 81.5. The van der Waals surface area contributed by atoms with Crippen LogP contribution in [0, 0.1) is 13.8 Å². The van der Waals surface area contributed by atoms with Crippen molar-refractivity contribution >= 4 is 11.7 Å². The number of hydrogen-bond donors (Lipinski definition) is 2. The summed E-state index contributed by atoms with van der Waals surface area (Å²) in [4.78, 5) is 15.8. The molecule has 1 heterocycles. The fourth-order valence-electron chi connectivity index (χ4n) is 2.27. The Balaban J connectivity index is 2.53. The minimum atomic E-state index is -5.91. The predicted molar refractivity (Wildman–Crippen MR) is 86.1 cm³/mol. The van der Waals surface area contributed by atoms with E-state index in [2.05, 4.69) is 4.98 Å². The van der Waals surface area contributed by atoms with E-state index in [9.17, 15) is 31.1 Å². The standard InChI is InChI=1S/C17H15F6N3O/c1-10-7-8-13(24-9-10)25-15(16(18,19)20,17(21,22)23)26-14(27)12-6-4-3-5-11(12)2/h3-9H,1-2H3,(H,24,25)(H,26,27). The normalized spacial score (nSPS) is 12.6. The van der Waals surface area contributed by atoms with E-state index in [4.69, 9.17) is 0 Å². The zero-order valence-corrected chi connectivity index (χ0v) is 14.2. The van der Waals surface area contributed by atoms with Gasteiger partial charge in [-0.1, -0.05) is 24.3 Å². The number of halogens is 6. The zero-order valence-electron chi connectivity index (χ0n) is 14.2. The fraction of sp³-hybridized carbons (Fsp3) is 0.294. The number of carbonyl (C=O) groups excluding carboxylic acids is 1. The quantitative estimate of drug-likeness (QED) is 0.602. The second-order valence-electron chi connectivity index (χ2n) is 5.86. The summed E-state index contributed by atoms with van der Waals surface area (Å²) >= 11 is 0. The van der Waals surface area contributed by atoms with Crippen LogP contribution < -0.4 is 10.6 Å². The number of pyridine rings is 1. The van der Waals surface area contributed by atoms with E-state index < -0.39 is 29.7 Å². The lowest BCUT2D eigenvalue weighted by Crippen LogP contribution is -2.72. The number of aromatic nitrogens is 1. The Morgan fingerprint density at radius 2 is 1.52 bits per heavy atom. The van der Waals surface area contributed by atoms with Crippen LogP contribution in [0.15, 0.2) is 42.6 Å². The first-order chi connectivity index (χ1) is 12.4. The van der Waals surface area contributed by atoms with Crippen LogP contribution in [0.1, 0.15) is 21.5 Å². The van der Waals surface area contributed by atoms with Gasteiger partial charge in [-0.2, -0.15) is 26.3 Å². The van der Waals surface area contributed by atoms with Gasteiger partial charge in [0.05, 0.1) is 0 Å². The molecule has 0 unspecified atom stereocenters. The number of hydrogen-bond acceptors (Lipinski definition) is 3. The summed E-state index contributed by atoms with van der Waals surface area (Å²) in [6.07, 6.45) is -10.7. The van der Waals surface area contributed by atoms with Crippen molar-refractivity contribution in [1.29, 1.82) is 0 Å². The van der Waals surface area contributed by atoms with E-state index in [-0.39, 0.29) is 11.1 Å². The van der Waals surface area contributed by atoms with E-state index in [1.54, 1.807) is 6.92 Å². The summed E-state index contributed by atoms with van der Waals surface area (Å²) in [5.41, 5.74) is -4.27. The first-order valence-electron chi connectivity index (χ1n) is 7.60. The van der Waals surface area contributed by atoms with Crippen LogP contribution in [0.3, 0.4) is 0 Å². The van der Waals surface area contributed by atoms with Gasteiger partial charge in [0, 0.05) is 11.8 Å². The highest BCUT2D eigenvalue weighted by molar-refractivity contribution is 5.96. The van der Waals surface area contributed by atoms with E-state index in [0.717, 1.165) is 23.6 Å². The number of benzene rings is 1. The summed E-state index contributed by atoms with van der Waals surface area (Å²) in [6.45, 7) is 2.96. The molecule has 2 rings (SSSR count). The molecule has 0 spiro atoms. The minimum absolute atomic E-state index is 0.224. The van der Waals surface area contributed by atoms with Crippen LogP contribution in [0.5, 0.6) is 0 Å². The molecule has 1 aromatic heterocycles. The fourth-order valence-corrected chi connectivity index (χ4v) is 2.27. The molecule has 1 amide bonds. The molecule has 27 heavy (non-hydrogen) atoms. The molecule has 0 saturated heterocycles. The Bertz CT molecular complexity index is 801. The first kappa shape index (κ1) is 20.5. The van der Waals surface area contributed by atoms with E-state index in [0.29, 0.717) is 5.56 Å². The summed E-state index contributed by atoms with van der Waals surface area (Å²) in [5.74, 6) is -2.22. The Hall–Kier alpha value is -2.78. The minimum Gasteiger partial charge on any atom is -0.332 e. The largest absolute Gasteiger partial charge is 0.439 e. The van der Waals surface area contributed by atoms with Gasteiger partial charge in [0.2, 0.25) is 0 Å². The molecular formula is C17H15F6N3O. The van der Waals surface area contributed by atoms with Gasteiger partial charge in [-0.15, -0.1) is 0 Å². The lowest BCUT2D eigenvalue weighted by molar-refractivity contribution is -0.294. The molecule has 0 saturated carbocycles. The molecule has 10 heteroatoms. The number of anilines is 1. The maximum absolute atomic E-state index is 13.6. The Morgan fingerprint density at radius 3 is 2.00 bits per heavy atom. The molecule has 146 valence electrons. The lowest BCUT2D eigenvalue weighted by atomic mass is 10.0. The van der Waals surface area contributed by atoms with Gasteiger partial charge < -0.3 is 10.6 Å². The van der Waals surface area contributed by atoms with Gasteiger partial charge in [-0.05, 0) is 37.1 Å². The van der Waals surface area contributed by atoms with Crippen molar-refractivity contribution in [2.24, 2.45) is 0 Å². The highest BCUT2D eigenvalue weighted by atomic mass is 19.4. The third-order valence-corrected chi connectivity index (χ3v) is 3.77. The highest BCUT2D eigenvalue weighted by Crippen LogP contribution is 2.43. The summed E-state index contributed by atoms with van der Waals surface area (Å²) in [6, 6.07) is 7.61. The molecule has 0 aliphatic rings. The van der Waals surface area contributed by atoms with Gasteiger partial charge >= 0.3 is 18.0 Å². The van der Waals surface area contributed by atoms with E-state index in [1.807, 2.05) is 0 Å². The van der Waals surface area contributed by atoms with Gasteiger partial charge in [-0.25, -0.2) is 4.98 Å². The molecule has 2 N–H and O–H groups in total. The van der Waals surface area contributed by atoms with Crippen LogP contribution in [0.25, 0.3) is 0 Å². The number of amides is 1. The maximum Gasteiger partial charge on any atom is 0.439 e. The van der Waals surface area contributed by atoms with Crippen molar-refractivity contribution in [2.45, 2.75) is 31.9 Å². The smallest absolute Gasteiger partial charge is 0.332 e. The maximum atomic E-state index is 13.6. The molecule has 0 bridgehead atoms. The Kier molecular flexibility index (Phi) is 5.39. The first-order valence-corrected chi connectivity index (χ1v) is 7.60. The summed E-state index contributed by atoms with van der Waals surface area (Å²) in [7, 11) is 0. The molecule has 0 aliphatic carbocycles. The van der Waals surface area contributed by atoms with Crippen molar-refractivity contribution in [2.75, 3.05) is 5.32 Å². The number of nitrogens with one attached hydrogen (secondary N) is 2. The lowest BCUT2D eigenvalue weighted by Gasteiger charge is -2.38. The molecular weight excluding hydrogens is 376 g/mol. The van der Waals surface area contributed by atoms with Gasteiger partial charge in [0.25, 0.3) is 5.91 Å².